The molecule has 0 spiro atoms. The molecule has 0 radical (unpaired) electrons. The highest BCUT2D eigenvalue weighted by molar-refractivity contribution is 5.92. The van der Waals surface area contributed by atoms with Gasteiger partial charge in [-0.15, -0.1) is 0 Å². The topological polar surface area (TPSA) is 85.3 Å². The summed E-state index contributed by atoms with van der Waals surface area (Å²) in [5.74, 6) is 0.101. The monoisotopic (exact) mass is 543 g/mol. The van der Waals surface area contributed by atoms with Gasteiger partial charge in [0.05, 0.1) is 53.5 Å². The maximum atomic E-state index is 12.7. The van der Waals surface area contributed by atoms with Crippen LogP contribution in [0.3, 0.4) is 0 Å². The highest BCUT2D eigenvalue weighted by Gasteiger charge is 2.26. The maximum absolute atomic E-state index is 12.7. The van der Waals surface area contributed by atoms with E-state index >= 15 is 0 Å². The number of allylic oxidation sites excluding steroid dienone is 1. The Morgan fingerprint density at radius 3 is 2.34 bits per heavy atom. The molecule has 0 aliphatic carbocycles. The minimum atomic E-state index is -0.552. The lowest BCUT2D eigenvalue weighted by molar-refractivity contribution is -0.135. The molecule has 2 atom stereocenters. The van der Waals surface area contributed by atoms with Crippen LogP contribution in [0, 0.1) is 5.92 Å². The van der Waals surface area contributed by atoms with Gasteiger partial charge >= 0.3 is 5.97 Å². The van der Waals surface area contributed by atoms with E-state index in [1.54, 1.807) is 12.1 Å². The number of esters is 1. The van der Waals surface area contributed by atoms with Crippen LogP contribution in [0.2, 0.25) is 0 Å². The summed E-state index contributed by atoms with van der Waals surface area (Å²) in [6.45, 7) is 10.7. The first-order valence-corrected chi connectivity index (χ1v) is 13.3. The van der Waals surface area contributed by atoms with Crippen LogP contribution in [-0.4, -0.2) is 75.8 Å². The minimum Gasteiger partial charge on any atom is -0.507 e. The van der Waals surface area contributed by atoms with Crippen LogP contribution < -0.4 is 0 Å². The molecule has 3 rings (SSSR count). The molecule has 0 saturated carbocycles. The number of amides is 1. The number of benzene rings is 1. The Hall–Kier alpha value is -2.68. The quantitative estimate of drug-likeness (QED) is 0.393. The summed E-state index contributed by atoms with van der Waals surface area (Å²) in [5.41, 5.74) is 2.46. The van der Waals surface area contributed by atoms with E-state index < -0.39 is 5.97 Å². The van der Waals surface area contributed by atoms with Crippen molar-refractivity contribution in [2.24, 2.45) is 5.92 Å². The Bertz CT molecular complexity index is 840. The van der Waals surface area contributed by atoms with Crippen LogP contribution in [0.5, 0.6) is 5.75 Å². The number of phenols is 1. The van der Waals surface area contributed by atoms with E-state index in [-0.39, 0.29) is 29.2 Å². The molecule has 1 N–H and O–H groups in total. The lowest BCUT2D eigenvalue weighted by Crippen LogP contribution is -2.39. The number of likely N-dealkylation sites (tertiary alicyclic amines) is 1. The van der Waals surface area contributed by atoms with E-state index in [9.17, 15) is 23.5 Å². The molecule has 0 bridgehead atoms. The van der Waals surface area contributed by atoms with E-state index in [1.807, 2.05) is 38.0 Å². The molecule has 0 aromatic heterocycles. The van der Waals surface area contributed by atoms with Gasteiger partial charge in [0, 0.05) is 19.0 Å². The van der Waals surface area contributed by atoms with Crippen molar-refractivity contribution in [3.8, 4) is 5.75 Å². The largest absolute Gasteiger partial charge is 0.507 e. The van der Waals surface area contributed by atoms with Gasteiger partial charge in [0.2, 0.25) is 5.91 Å². The van der Waals surface area contributed by atoms with Gasteiger partial charge < -0.3 is 24.2 Å². The number of carbonyl (C=O) groups is 2. The Labute approximate surface area is 227 Å². The predicted molar refractivity (Wildman–Crippen MR) is 146 cm³/mol. The molecule has 1 aromatic carbocycles. The Morgan fingerprint density at radius 2 is 1.79 bits per heavy atom. The van der Waals surface area contributed by atoms with Crippen LogP contribution in [-0.2, 0) is 19.0 Å². The third-order valence-electron chi connectivity index (χ3n) is 6.41. The second kappa shape index (κ2) is 20.3. The number of hydrogen-bond acceptors (Lipinski definition) is 6. The summed E-state index contributed by atoms with van der Waals surface area (Å²) in [6, 6.07) is 5.10. The van der Waals surface area contributed by atoms with E-state index in [0.717, 1.165) is 31.2 Å². The zero-order valence-corrected chi connectivity index (χ0v) is 24.1. The molecule has 1 amide bonds. The normalized spacial score (nSPS) is 17.6. The number of piperidine rings is 1. The number of ether oxygens (including phenoxy) is 3. The number of carbonyl (C=O) groups excluding carboxylic acids is 2. The first kappa shape index (κ1) is 35.3. The number of phenolic OH excluding ortho intramolecular Hbond substituents is 1. The number of nitrogens with zero attached hydrogens (tertiary/aromatic N) is 1. The van der Waals surface area contributed by atoms with Crippen molar-refractivity contribution in [2.45, 2.75) is 71.8 Å². The summed E-state index contributed by atoms with van der Waals surface area (Å²) in [5, 5.41) is 10.1. The molecule has 38 heavy (non-hydrogen) atoms. The fourth-order valence-corrected chi connectivity index (χ4v) is 4.40. The number of hydrogen-bond donors (Lipinski definition) is 1. The van der Waals surface area contributed by atoms with Crippen LogP contribution in [0.15, 0.2) is 30.0 Å². The van der Waals surface area contributed by atoms with Crippen molar-refractivity contribution in [2.75, 3.05) is 47.8 Å². The maximum Gasteiger partial charge on any atom is 0.341 e. The Morgan fingerprint density at radius 1 is 1.16 bits per heavy atom. The lowest BCUT2D eigenvalue weighted by Gasteiger charge is -2.33. The number of methoxy groups -OCH3 is 1. The molecule has 1 aromatic rings. The third kappa shape index (κ3) is 11.4. The molecular weight excluding hydrogens is 496 g/mol. The smallest absolute Gasteiger partial charge is 0.341 e. The number of rotatable bonds is 8. The summed E-state index contributed by atoms with van der Waals surface area (Å²) in [7, 11) is 2.29. The summed E-state index contributed by atoms with van der Waals surface area (Å²) >= 11 is 0. The van der Waals surface area contributed by atoms with Gasteiger partial charge in [-0.3, -0.25) is 13.6 Å². The Balaban J connectivity index is 0.00000213. The summed E-state index contributed by atoms with van der Waals surface area (Å²) in [4.78, 5) is 26.3. The van der Waals surface area contributed by atoms with Gasteiger partial charge in [0.1, 0.15) is 11.3 Å². The average molecular weight is 544 g/mol. The van der Waals surface area contributed by atoms with Crippen molar-refractivity contribution in [3.63, 3.8) is 0 Å². The molecule has 218 valence electrons. The zero-order chi connectivity index (χ0) is 29.1. The van der Waals surface area contributed by atoms with Crippen molar-refractivity contribution in [3.05, 3.63) is 41.2 Å². The highest BCUT2D eigenvalue weighted by Crippen LogP contribution is 2.32. The van der Waals surface area contributed by atoms with E-state index in [4.69, 9.17) is 9.47 Å². The van der Waals surface area contributed by atoms with Crippen molar-refractivity contribution < 1.29 is 37.7 Å². The molecule has 9 heteroatoms. The van der Waals surface area contributed by atoms with Crippen molar-refractivity contribution in [1.29, 1.82) is 0 Å². The summed E-state index contributed by atoms with van der Waals surface area (Å²) in [6.07, 6.45) is 5.76. The van der Waals surface area contributed by atoms with E-state index in [2.05, 4.69) is 11.7 Å². The van der Waals surface area contributed by atoms with Crippen LogP contribution >= 0.6 is 0 Å². The van der Waals surface area contributed by atoms with Crippen molar-refractivity contribution in [1.82, 2.24) is 4.90 Å². The van der Waals surface area contributed by atoms with Crippen molar-refractivity contribution >= 4 is 11.9 Å². The lowest BCUT2D eigenvalue weighted by atomic mass is 9.88. The van der Waals surface area contributed by atoms with Crippen LogP contribution in [0.25, 0.3) is 0 Å². The second-order valence-corrected chi connectivity index (χ2v) is 8.80. The molecule has 1 saturated heterocycles. The van der Waals surface area contributed by atoms with Crippen LogP contribution in [0.1, 0.15) is 81.6 Å². The fourth-order valence-electron chi connectivity index (χ4n) is 4.40. The number of aromatic hydroxyl groups is 1. The SMILES string of the molecule is CC.CCC1=COC[C@@H](COC(C)CC(=O)N2CCC(c3ccc(C(=O)OC)c(O)c3)CC2)C1.CF.CF. The zero-order valence-electron chi connectivity index (χ0n) is 24.1. The minimum absolute atomic E-state index is 0.0660. The van der Waals surface area contributed by atoms with E-state index in [0.29, 0.717) is 53.0 Å². The molecule has 7 nitrogen and oxygen atoms in total. The van der Waals surface area contributed by atoms with Gasteiger partial charge in [-0.1, -0.05) is 26.8 Å². The van der Waals surface area contributed by atoms with Gasteiger partial charge in [0.15, 0.2) is 0 Å². The van der Waals surface area contributed by atoms with E-state index in [1.165, 1.54) is 12.7 Å². The molecule has 1 unspecified atom stereocenters. The van der Waals surface area contributed by atoms with Gasteiger partial charge in [-0.2, -0.15) is 0 Å². The Kier molecular flexibility index (Phi) is 18.9. The first-order chi connectivity index (χ1) is 18.4. The third-order valence-corrected chi connectivity index (χ3v) is 6.41. The average Bonchev–Trinajstić information content (AvgIpc) is 2.99. The standard InChI is InChI=1S/C25H35NO6.C2H6.2CH3F/c1-4-18-12-19(15-31-14-18)16-32-17(2)11-24(28)26-9-7-20(8-10-26)21-5-6-22(23(27)13-21)25(29)30-3;3*1-2/h5-6,13-14,17,19-20,27H,4,7-12,15-16H2,1-3H3;1-2H3;2*1H3/t17?,19-;;;/m0.../s1. The second-order valence-electron chi connectivity index (χ2n) is 8.80. The van der Waals surface area contributed by atoms with Crippen LogP contribution in [0.4, 0.5) is 8.78 Å². The predicted octanol–water partition coefficient (Wildman–Crippen LogP) is 6.21. The van der Waals surface area contributed by atoms with Gasteiger partial charge in [0.25, 0.3) is 0 Å². The number of alkyl halides is 2. The van der Waals surface area contributed by atoms with Gasteiger partial charge in [-0.05, 0) is 61.8 Å². The molecule has 2 aliphatic heterocycles. The first-order valence-electron chi connectivity index (χ1n) is 13.3. The summed E-state index contributed by atoms with van der Waals surface area (Å²) < 4.78 is 35.1. The van der Waals surface area contributed by atoms with Gasteiger partial charge in [-0.25, -0.2) is 4.79 Å². The molecule has 2 aliphatic rings. The molecular formula is C29H47F2NO6. The molecule has 1 fully saturated rings. The molecule has 2 heterocycles. The number of halogens is 2. The highest BCUT2D eigenvalue weighted by atomic mass is 19.1. The fraction of sp³-hybridized carbons (Fsp3) is 0.655.